The van der Waals surface area contributed by atoms with Gasteiger partial charge < -0.3 is 4.42 Å². The Labute approximate surface area is 322 Å². The summed E-state index contributed by atoms with van der Waals surface area (Å²) in [7, 11) is 0. The highest BCUT2D eigenvalue weighted by Crippen LogP contribution is 2.49. The van der Waals surface area contributed by atoms with Gasteiger partial charge in [-0.25, -0.2) is 4.99 Å². The molecule has 2 heterocycles. The Kier molecular flexibility index (Phi) is 7.99. The van der Waals surface area contributed by atoms with Crippen LogP contribution in [0.5, 0.6) is 0 Å². The van der Waals surface area contributed by atoms with E-state index >= 15 is 0 Å². The largest absolute Gasteiger partial charge is 0.456 e. The number of fused-ring (bicyclic) bond motifs is 6. The number of nitrogens with zero attached hydrogens (tertiary/aromatic N) is 2. The molecule has 2 unspecified atom stereocenters. The van der Waals surface area contributed by atoms with E-state index in [2.05, 4.69) is 185 Å². The van der Waals surface area contributed by atoms with Crippen LogP contribution in [0.4, 0.5) is 0 Å². The van der Waals surface area contributed by atoms with Crippen LogP contribution >= 0.6 is 0 Å². The van der Waals surface area contributed by atoms with Crippen LogP contribution in [0.1, 0.15) is 67.5 Å². The van der Waals surface area contributed by atoms with Crippen LogP contribution in [-0.4, -0.2) is 11.5 Å². The fraction of sp³-hybridized carbons (Fsp3) is 0.154. The number of hydrogen-bond acceptors (Lipinski definition) is 3. The summed E-state index contributed by atoms with van der Waals surface area (Å²) in [6, 6.07) is 58.9. The van der Waals surface area contributed by atoms with Gasteiger partial charge in [0.15, 0.2) is 5.84 Å². The van der Waals surface area contributed by atoms with Crippen molar-refractivity contribution in [2.75, 3.05) is 0 Å². The van der Waals surface area contributed by atoms with Crippen LogP contribution < -0.4 is 0 Å². The Hall–Kier alpha value is -6.32. The van der Waals surface area contributed by atoms with Crippen molar-refractivity contribution >= 4 is 33.5 Å². The lowest BCUT2D eigenvalue weighted by Gasteiger charge is -2.25. The number of amidine groups is 1. The number of aliphatic imine (C=N–C) groups is 2. The second-order valence-electron chi connectivity index (χ2n) is 15.8. The molecule has 1 aromatic heterocycles. The van der Waals surface area contributed by atoms with Crippen LogP contribution in [0.3, 0.4) is 0 Å². The van der Waals surface area contributed by atoms with Gasteiger partial charge in [-0.15, -0.1) is 0 Å². The van der Waals surface area contributed by atoms with Gasteiger partial charge in [0, 0.05) is 21.8 Å². The first-order valence-electron chi connectivity index (χ1n) is 19.5. The molecule has 1 aliphatic carbocycles. The summed E-state index contributed by atoms with van der Waals surface area (Å²) in [6.07, 6.45) is 1.88. The number of furan rings is 1. The Bertz CT molecular complexity index is 2810. The van der Waals surface area contributed by atoms with Crippen molar-refractivity contribution < 1.29 is 4.42 Å². The molecular weight excluding hydrogens is 669 g/mol. The van der Waals surface area contributed by atoms with Gasteiger partial charge in [0.1, 0.15) is 11.2 Å². The van der Waals surface area contributed by atoms with Crippen molar-refractivity contribution in [3.8, 4) is 33.4 Å². The standard InChI is InChI=1S/C52H42N2O/c1-33-24-28-46(34-14-6-4-7-15-34)53-51(54-50(33)35-16-8-5-9-17-35)42-21-13-23-48-49(42)43-31-38(26-29-47(43)55-48)36-18-12-19-37(30-36)39-25-27-41-40-20-10-11-22-44(40)52(2,3)45(41)32-39/h4-23,25-27,29-33,50H,24,28H2,1-3H3/b53-46+,54-51-. The zero-order valence-electron chi connectivity index (χ0n) is 31.5. The molecule has 0 saturated carbocycles. The first-order valence-corrected chi connectivity index (χ1v) is 19.5. The third kappa shape index (κ3) is 5.74. The van der Waals surface area contributed by atoms with Gasteiger partial charge >= 0.3 is 0 Å². The molecule has 3 heteroatoms. The summed E-state index contributed by atoms with van der Waals surface area (Å²) in [4.78, 5) is 11.0. The summed E-state index contributed by atoms with van der Waals surface area (Å²) in [5.74, 6) is 1.08. The summed E-state index contributed by atoms with van der Waals surface area (Å²) < 4.78 is 6.55. The van der Waals surface area contributed by atoms with Gasteiger partial charge in [-0.05, 0) is 105 Å². The maximum absolute atomic E-state index is 6.55. The van der Waals surface area contributed by atoms with Gasteiger partial charge in [0.25, 0.3) is 0 Å². The van der Waals surface area contributed by atoms with Crippen molar-refractivity contribution in [3.05, 3.63) is 192 Å². The van der Waals surface area contributed by atoms with E-state index in [9.17, 15) is 0 Å². The molecule has 10 rings (SSSR count). The van der Waals surface area contributed by atoms with E-state index in [1.54, 1.807) is 0 Å². The summed E-state index contributed by atoms with van der Waals surface area (Å²) in [5, 5.41) is 2.11. The molecule has 266 valence electrons. The average Bonchev–Trinajstić information content (AvgIpc) is 3.72. The van der Waals surface area contributed by atoms with Crippen molar-refractivity contribution in [3.63, 3.8) is 0 Å². The maximum Gasteiger partial charge on any atom is 0.156 e. The van der Waals surface area contributed by atoms with Crippen LogP contribution in [0.2, 0.25) is 0 Å². The molecule has 0 amide bonds. The van der Waals surface area contributed by atoms with Crippen molar-refractivity contribution in [2.45, 2.75) is 45.1 Å². The van der Waals surface area contributed by atoms with E-state index in [1.165, 1.54) is 44.5 Å². The normalized spacial score (nSPS) is 19.5. The minimum absolute atomic E-state index is 0.0112. The third-order valence-electron chi connectivity index (χ3n) is 12.0. The van der Waals surface area contributed by atoms with E-state index in [0.717, 1.165) is 63.0 Å². The van der Waals surface area contributed by atoms with E-state index in [0.29, 0.717) is 5.92 Å². The fourth-order valence-corrected chi connectivity index (χ4v) is 8.97. The smallest absolute Gasteiger partial charge is 0.156 e. The molecule has 1 aliphatic heterocycles. The Morgan fingerprint density at radius 1 is 0.545 bits per heavy atom. The molecule has 0 radical (unpaired) electrons. The predicted octanol–water partition coefficient (Wildman–Crippen LogP) is 13.6. The number of hydrogen-bond donors (Lipinski definition) is 0. The quantitative estimate of drug-likeness (QED) is 0.175. The Balaban J connectivity index is 1.10. The zero-order valence-corrected chi connectivity index (χ0v) is 31.5. The highest BCUT2D eigenvalue weighted by molar-refractivity contribution is 6.22. The first-order chi connectivity index (χ1) is 26.9. The maximum atomic E-state index is 6.55. The molecule has 7 aromatic carbocycles. The van der Waals surface area contributed by atoms with Gasteiger partial charge in [-0.2, -0.15) is 0 Å². The molecule has 2 atom stereocenters. The highest BCUT2D eigenvalue weighted by atomic mass is 16.3. The Morgan fingerprint density at radius 3 is 2.00 bits per heavy atom. The van der Waals surface area contributed by atoms with Crippen molar-refractivity contribution in [1.82, 2.24) is 0 Å². The summed E-state index contributed by atoms with van der Waals surface area (Å²) in [6.45, 7) is 7.01. The molecule has 0 saturated heterocycles. The number of benzene rings is 7. The lowest BCUT2D eigenvalue weighted by Crippen LogP contribution is -2.18. The summed E-state index contributed by atoms with van der Waals surface area (Å²) >= 11 is 0. The van der Waals surface area contributed by atoms with Crippen LogP contribution in [0, 0.1) is 5.92 Å². The van der Waals surface area contributed by atoms with Crippen molar-refractivity contribution in [2.24, 2.45) is 15.9 Å². The van der Waals surface area contributed by atoms with Crippen molar-refractivity contribution in [1.29, 1.82) is 0 Å². The molecule has 0 bridgehead atoms. The molecule has 55 heavy (non-hydrogen) atoms. The predicted molar refractivity (Wildman–Crippen MR) is 229 cm³/mol. The fourth-order valence-electron chi connectivity index (χ4n) is 8.97. The molecule has 2 aliphatic rings. The minimum atomic E-state index is -0.0452. The van der Waals surface area contributed by atoms with E-state index in [4.69, 9.17) is 14.4 Å². The zero-order chi connectivity index (χ0) is 37.1. The minimum Gasteiger partial charge on any atom is -0.456 e. The first kappa shape index (κ1) is 33.3. The lowest BCUT2D eigenvalue weighted by atomic mass is 9.81. The Morgan fingerprint density at radius 2 is 1.18 bits per heavy atom. The second-order valence-corrected chi connectivity index (χ2v) is 15.8. The monoisotopic (exact) mass is 710 g/mol. The van der Waals surface area contributed by atoms with Crippen LogP contribution in [0.15, 0.2) is 178 Å². The molecule has 0 fully saturated rings. The molecular formula is C52H42N2O. The second kappa shape index (κ2) is 13.2. The molecule has 0 N–H and O–H groups in total. The molecule has 3 nitrogen and oxygen atoms in total. The van der Waals surface area contributed by atoms with Gasteiger partial charge in [-0.3, -0.25) is 4.99 Å². The van der Waals surface area contributed by atoms with Gasteiger partial charge in [0.2, 0.25) is 0 Å². The average molecular weight is 711 g/mol. The molecule has 0 spiro atoms. The SMILES string of the molecule is CC1CC/C(c2ccccc2)=N\C(c2cccc3oc4ccc(-c5cccc(-c6ccc7c(c6)C(C)(C)c6ccccc6-7)c5)cc4c23)=N/C1c1ccccc1. The van der Waals surface area contributed by atoms with Gasteiger partial charge in [-0.1, -0.05) is 154 Å². The molecule has 8 aromatic rings. The summed E-state index contributed by atoms with van der Waals surface area (Å²) in [5.41, 5.74) is 16.3. The van der Waals surface area contributed by atoms with Gasteiger partial charge in [0.05, 0.1) is 11.8 Å². The van der Waals surface area contributed by atoms with Crippen LogP contribution in [-0.2, 0) is 5.41 Å². The van der Waals surface area contributed by atoms with E-state index < -0.39 is 0 Å². The topological polar surface area (TPSA) is 37.9 Å². The van der Waals surface area contributed by atoms with Crippen LogP contribution in [0.25, 0.3) is 55.3 Å². The van der Waals surface area contributed by atoms with E-state index in [-0.39, 0.29) is 11.5 Å². The van der Waals surface area contributed by atoms with E-state index in [1.807, 2.05) is 0 Å². The highest BCUT2D eigenvalue weighted by Gasteiger charge is 2.35. The number of rotatable bonds is 5. The lowest BCUT2D eigenvalue weighted by molar-refractivity contribution is 0.446. The third-order valence-corrected chi connectivity index (χ3v) is 12.0.